The van der Waals surface area contributed by atoms with Crippen LogP contribution < -0.4 is 10.1 Å². The second-order valence-corrected chi connectivity index (χ2v) is 7.90. The van der Waals surface area contributed by atoms with Gasteiger partial charge in [-0.05, 0) is 63.4 Å². The Hall–Kier alpha value is -2.08. The van der Waals surface area contributed by atoms with Gasteiger partial charge in [0.1, 0.15) is 5.75 Å². The van der Waals surface area contributed by atoms with Gasteiger partial charge in [-0.25, -0.2) is 0 Å². The molecule has 29 heavy (non-hydrogen) atoms. The van der Waals surface area contributed by atoms with Gasteiger partial charge < -0.3 is 19.9 Å². The van der Waals surface area contributed by atoms with Crippen molar-refractivity contribution in [3.63, 3.8) is 0 Å². The van der Waals surface area contributed by atoms with Crippen molar-refractivity contribution in [1.82, 2.24) is 15.1 Å². The predicted molar refractivity (Wildman–Crippen MR) is 116 cm³/mol. The van der Waals surface area contributed by atoms with Crippen molar-refractivity contribution >= 4 is 11.8 Å². The maximum Gasteiger partial charge on any atom is 0.222 e. The zero-order valence-electron chi connectivity index (χ0n) is 18.4. The SMILES string of the molecule is CCN(CCCC(=O)N1CCC(C(=O)NC)CC1)C(C)Cc1ccc(OC)cc1. The summed E-state index contributed by atoms with van der Waals surface area (Å²) in [7, 11) is 3.36. The van der Waals surface area contributed by atoms with Crippen LogP contribution in [-0.4, -0.2) is 68.0 Å². The van der Waals surface area contributed by atoms with Crippen molar-refractivity contribution in [2.24, 2.45) is 5.92 Å². The minimum atomic E-state index is 0.0541. The summed E-state index contributed by atoms with van der Waals surface area (Å²) in [5.41, 5.74) is 1.30. The lowest BCUT2D eigenvalue weighted by molar-refractivity contribution is -0.135. The van der Waals surface area contributed by atoms with Gasteiger partial charge in [-0.15, -0.1) is 0 Å². The molecule has 0 bridgehead atoms. The first-order valence-electron chi connectivity index (χ1n) is 10.8. The number of ether oxygens (including phenoxy) is 1. The summed E-state index contributed by atoms with van der Waals surface area (Å²) in [6.07, 6.45) is 3.97. The number of carbonyl (C=O) groups excluding carboxylic acids is 2. The van der Waals surface area contributed by atoms with E-state index in [1.807, 2.05) is 17.0 Å². The first-order valence-corrected chi connectivity index (χ1v) is 10.8. The van der Waals surface area contributed by atoms with Crippen LogP contribution in [-0.2, 0) is 16.0 Å². The molecular weight excluding hydrogens is 366 g/mol. The average Bonchev–Trinajstić information content (AvgIpc) is 2.76. The van der Waals surface area contributed by atoms with Gasteiger partial charge in [0.15, 0.2) is 0 Å². The van der Waals surface area contributed by atoms with Gasteiger partial charge in [0.25, 0.3) is 0 Å². The Labute approximate surface area is 175 Å². The standard InChI is InChI=1S/C23H37N3O3/c1-5-25(18(2)17-19-8-10-21(29-4)11-9-19)14-6-7-22(27)26-15-12-20(13-16-26)23(28)24-3/h8-11,18,20H,5-7,12-17H2,1-4H3,(H,24,28). The van der Waals surface area contributed by atoms with Crippen molar-refractivity contribution in [3.8, 4) is 5.75 Å². The van der Waals surface area contributed by atoms with Crippen molar-refractivity contribution in [2.45, 2.75) is 52.0 Å². The molecule has 1 aliphatic heterocycles. The number of piperidine rings is 1. The predicted octanol–water partition coefficient (Wildman–Crippen LogP) is 2.71. The normalized spacial score (nSPS) is 16.0. The quantitative estimate of drug-likeness (QED) is 0.653. The first-order chi connectivity index (χ1) is 14.0. The minimum absolute atomic E-state index is 0.0541. The van der Waals surface area contributed by atoms with Crippen LogP contribution in [0.4, 0.5) is 0 Å². The highest BCUT2D eigenvalue weighted by molar-refractivity contribution is 5.79. The molecule has 2 amide bonds. The fraction of sp³-hybridized carbons (Fsp3) is 0.652. The van der Waals surface area contributed by atoms with Crippen molar-refractivity contribution in [2.75, 3.05) is 40.3 Å². The van der Waals surface area contributed by atoms with Gasteiger partial charge >= 0.3 is 0 Å². The van der Waals surface area contributed by atoms with Crippen LogP contribution in [0.1, 0.15) is 45.1 Å². The Morgan fingerprint density at radius 1 is 1.24 bits per heavy atom. The number of likely N-dealkylation sites (N-methyl/N-ethyl adjacent to an activating group) is 1. The maximum absolute atomic E-state index is 12.5. The third kappa shape index (κ3) is 7.03. The highest BCUT2D eigenvalue weighted by atomic mass is 16.5. The van der Waals surface area contributed by atoms with Gasteiger partial charge in [0.05, 0.1) is 7.11 Å². The van der Waals surface area contributed by atoms with Crippen LogP contribution in [0.3, 0.4) is 0 Å². The number of carbonyl (C=O) groups is 2. The molecule has 162 valence electrons. The van der Waals surface area contributed by atoms with Gasteiger partial charge in [-0.2, -0.15) is 0 Å². The number of nitrogens with zero attached hydrogens (tertiary/aromatic N) is 2. The highest BCUT2D eigenvalue weighted by Gasteiger charge is 2.26. The molecule has 1 saturated heterocycles. The number of nitrogens with one attached hydrogen (secondary N) is 1. The van der Waals surface area contributed by atoms with E-state index in [1.54, 1.807) is 14.2 Å². The molecule has 0 radical (unpaired) electrons. The second-order valence-electron chi connectivity index (χ2n) is 7.90. The van der Waals surface area contributed by atoms with Gasteiger partial charge in [0.2, 0.25) is 11.8 Å². The summed E-state index contributed by atoms with van der Waals surface area (Å²) in [6, 6.07) is 8.67. The number of amides is 2. The van der Waals surface area contributed by atoms with E-state index in [0.717, 1.165) is 44.5 Å². The molecule has 6 nitrogen and oxygen atoms in total. The van der Waals surface area contributed by atoms with Gasteiger partial charge in [-0.3, -0.25) is 9.59 Å². The molecule has 0 spiro atoms. The lowest BCUT2D eigenvalue weighted by Gasteiger charge is -2.32. The molecule has 1 aromatic carbocycles. The van der Waals surface area contributed by atoms with E-state index >= 15 is 0 Å². The molecule has 1 unspecified atom stereocenters. The molecule has 1 aromatic rings. The second kappa shape index (κ2) is 11.8. The number of rotatable bonds is 10. The molecule has 1 aliphatic rings. The van der Waals surface area contributed by atoms with Crippen molar-refractivity contribution in [3.05, 3.63) is 29.8 Å². The summed E-state index contributed by atoms with van der Waals surface area (Å²) in [6.45, 7) is 7.72. The van der Waals surface area contributed by atoms with Crippen LogP contribution in [0.25, 0.3) is 0 Å². The van der Waals surface area contributed by atoms with Crippen LogP contribution >= 0.6 is 0 Å². The molecule has 1 atom stereocenters. The molecule has 6 heteroatoms. The monoisotopic (exact) mass is 403 g/mol. The lowest BCUT2D eigenvalue weighted by Crippen LogP contribution is -2.42. The number of likely N-dealkylation sites (tertiary alicyclic amines) is 1. The van der Waals surface area contributed by atoms with E-state index in [0.29, 0.717) is 25.6 Å². The third-order valence-electron chi connectivity index (χ3n) is 6.02. The molecule has 1 N–H and O–H groups in total. The Balaban J connectivity index is 1.72. The zero-order chi connectivity index (χ0) is 21.2. The third-order valence-corrected chi connectivity index (χ3v) is 6.02. The highest BCUT2D eigenvalue weighted by Crippen LogP contribution is 2.19. The molecule has 1 heterocycles. The van der Waals surface area contributed by atoms with E-state index in [2.05, 4.69) is 36.2 Å². The number of hydrogen-bond donors (Lipinski definition) is 1. The summed E-state index contributed by atoms with van der Waals surface area (Å²) in [5.74, 6) is 1.26. The largest absolute Gasteiger partial charge is 0.497 e. The van der Waals surface area contributed by atoms with Crippen molar-refractivity contribution in [1.29, 1.82) is 0 Å². The summed E-state index contributed by atoms with van der Waals surface area (Å²) in [4.78, 5) is 28.6. The van der Waals surface area contributed by atoms with Gasteiger partial charge in [-0.1, -0.05) is 19.1 Å². The van der Waals surface area contributed by atoms with Crippen LogP contribution in [0.5, 0.6) is 5.75 Å². The Morgan fingerprint density at radius 2 is 1.90 bits per heavy atom. The maximum atomic E-state index is 12.5. The Morgan fingerprint density at radius 3 is 2.45 bits per heavy atom. The topological polar surface area (TPSA) is 61.9 Å². The molecular formula is C23H37N3O3. The smallest absolute Gasteiger partial charge is 0.222 e. The number of benzene rings is 1. The van der Waals surface area contributed by atoms with Crippen molar-refractivity contribution < 1.29 is 14.3 Å². The van der Waals surface area contributed by atoms with Gasteiger partial charge in [0, 0.05) is 38.5 Å². The first kappa shape index (κ1) is 23.2. The number of methoxy groups -OCH3 is 1. The molecule has 0 aliphatic carbocycles. The Kier molecular flexibility index (Phi) is 9.45. The number of hydrogen-bond acceptors (Lipinski definition) is 4. The van der Waals surface area contributed by atoms with E-state index in [1.165, 1.54) is 5.56 Å². The van der Waals surface area contributed by atoms with E-state index in [9.17, 15) is 9.59 Å². The van der Waals surface area contributed by atoms with E-state index < -0.39 is 0 Å². The molecule has 0 saturated carbocycles. The molecule has 1 fully saturated rings. The zero-order valence-corrected chi connectivity index (χ0v) is 18.4. The van der Waals surface area contributed by atoms with E-state index in [4.69, 9.17) is 4.74 Å². The minimum Gasteiger partial charge on any atom is -0.497 e. The van der Waals surface area contributed by atoms with Crippen LogP contribution in [0, 0.1) is 5.92 Å². The molecule has 2 rings (SSSR count). The average molecular weight is 404 g/mol. The van der Waals surface area contributed by atoms with E-state index in [-0.39, 0.29) is 17.7 Å². The summed E-state index contributed by atoms with van der Waals surface area (Å²) in [5, 5.41) is 2.71. The van der Waals surface area contributed by atoms with Crippen LogP contribution in [0.15, 0.2) is 24.3 Å². The summed E-state index contributed by atoms with van der Waals surface area (Å²) < 4.78 is 5.23. The Bertz CT molecular complexity index is 639. The fourth-order valence-electron chi connectivity index (χ4n) is 4.11. The summed E-state index contributed by atoms with van der Waals surface area (Å²) >= 11 is 0. The van der Waals surface area contributed by atoms with Crippen LogP contribution in [0.2, 0.25) is 0 Å². The molecule has 0 aromatic heterocycles. The fourth-order valence-corrected chi connectivity index (χ4v) is 4.11. The lowest BCUT2D eigenvalue weighted by atomic mass is 9.95.